The first-order valence-corrected chi connectivity index (χ1v) is 4.85. The lowest BCUT2D eigenvalue weighted by Gasteiger charge is -2.22. The Hall–Kier alpha value is -0.260. The largest absolute Gasteiger partial charge is 0.380 e. The fourth-order valence-corrected chi connectivity index (χ4v) is 1.77. The number of hydrogen-bond donors (Lipinski definition) is 1. The molecule has 0 amide bonds. The van der Waals surface area contributed by atoms with E-state index in [4.69, 9.17) is 4.74 Å². The lowest BCUT2D eigenvalue weighted by Crippen LogP contribution is -2.42. The average Bonchev–Trinajstić information content (AvgIpc) is 2.51. The van der Waals surface area contributed by atoms with Crippen LogP contribution in [0.25, 0.3) is 0 Å². The van der Waals surface area contributed by atoms with Gasteiger partial charge in [0.05, 0.1) is 19.2 Å². The second kappa shape index (κ2) is 5.00. The molecule has 1 aliphatic heterocycles. The molecule has 0 radical (unpaired) electrons. The van der Waals surface area contributed by atoms with Gasteiger partial charge >= 0.3 is 0 Å². The molecule has 1 unspecified atom stereocenters. The van der Waals surface area contributed by atoms with E-state index in [1.54, 1.807) is 12.0 Å². The number of hydrogen-bond acceptors (Lipinski definition) is 3. The van der Waals surface area contributed by atoms with Crippen LogP contribution in [0.2, 0.25) is 0 Å². The third-order valence-electron chi connectivity index (χ3n) is 2.45. The zero-order chi connectivity index (χ0) is 10.6. The average molecular weight is 208 g/mol. The van der Waals surface area contributed by atoms with Crippen LogP contribution < -0.4 is 5.32 Å². The summed E-state index contributed by atoms with van der Waals surface area (Å²) in [4.78, 5) is 1.76. The standard InChI is InChI=1S/C9H18F2N2O/c1-12-6-9(10,11)7-13-4-3-8(5-13)14-2/h8,12H,3-7H2,1-2H3. The maximum atomic E-state index is 13.2. The molecule has 5 heteroatoms. The Bertz CT molecular complexity index is 178. The molecule has 1 N–H and O–H groups in total. The number of halogens is 2. The second-order valence-electron chi connectivity index (χ2n) is 3.77. The number of alkyl halides is 2. The van der Waals surface area contributed by atoms with E-state index in [0.29, 0.717) is 13.1 Å². The molecule has 1 saturated heterocycles. The van der Waals surface area contributed by atoms with Crippen molar-refractivity contribution >= 4 is 0 Å². The molecule has 0 aromatic rings. The van der Waals surface area contributed by atoms with E-state index in [9.17, 15) is 8.78 Å². The molecule has 14 heavy (non-hydrogen) atoms. The molecule has 1 heterocycles. The van der Waals surface area contributed by atoms with Crippen molar-refractivity contribution in [3.63, 3.8) is 0 Å². The van der Waals surface area contributed by atoms with E-state index in [1.165, 1.54) is 7.05 Å². The molecule has 1 rings (SSSR count). The van der Waals surface area contributed by atoms with Crippen molar-refractivity contribution in [1.82, 2.24) is 10.2 Å². The Morgan fingerprint density at radius 1 is 1.57 bits per heavy atom. The summed E-state index contributed by atoms with van der Waals surface area (Å²) in [5.41, 5.74) is 0. The van der Waals surface area contributed by atoms with Gasteiger partial charge < -0.3 is 10.1 Å². The first-order chi connectivity index (χ1) is 6.57. The molecule has 0 bridgehead atoms. The lowest BCUT2D eigenvalue weighted by molar-refractivity contribution is -0.0269. The van der Waals surface area contributed by atoms with Crippen LogP contribution in [0.1, 0.15) is 6.42 Å². The van der Waals surface area contributed by atoms with Gasteiger partial charge in [0.2, 0.25) is 0 Å². The minimum Gasteiger partial charge on any atom is -0.380 e. The second-order valence-corrected chi connectivity index (χ2v) is 3.77. The van der Waals surface area contributed by atoms with Gasteiger partial charge in [0, 0.05) is 20.2 Å². The highest BCUT2D eigenvalue weighted by atomic mass is 19.3. The van der Waals surface area contributed by atoms with E-state index >= 15 is 0 Å². The fraction of sp³-hybridized carbons (Fsp3) is 1.00. The number of likely N-dealkylation sites (tertiary alicyclic amines) is 1. The minimum absolute atomic E-state index is 0.125. The third-order valence-corrected chi connectivity index (χ3v) is 2.45. The Balaban J connectivity index is 2.31. The van der Waals surface area contributed by atoms with E-state index < -0.39 is 5.92 Å². The van der Waals surface area contributed by atoms with Gasteiger partial charge in [0.15, 0.2) is 0 Å². The van der Waals surface area contributed by atoms with Crippen molar-refractivity contribution in [1.29, 1.82) is 0 Å². The van der Waals surface area contributed by atoms with Crippen LogP contribution >= 0.6 is 0 Å². The summed E-state index contributed by atoms with van der Waals surface area (Å²) in [5.74, 6) is -2.64. The maximum absolute atomic E-state index is 13.2. The topological polar surface area (TPSA) is 24.5 Å². The third kappa shape index (κ3) is 3.48. The monoisotopic (exact) mass is 208 g/mol. The molecule has 1 aliphatic rings. The number of rotatable bonds is 5. The van der Waals surface area contributed by atoms with Crippen LogP contribution in [0.15, 0.2) is 0 Å². The summed E-state index contributed by atoms with van der Waals surface area (Å²) in [5, 5.41) is 2.50. The number of nitrogens with zero attached hydrogens (tertiary/aromatic N) is 1. The summed E-state index contributed by atoms with van der Waals surface area (Å²) in [7, 11) is 3.16. The van der Waals surface area contributed by atoms with E-state index in [-0.39, 0.29) is 19.2 Å². The highest BCUT2D eigenvalue weighted by molar-refractivity contribution is 4.81. The predicted molar refractivity (Wildman–Crippen MR) is 50.7 cm³/mol. The molecule has 84 valence electrons. The first kappa shape index (κ1) is 11.8. The van der Waals surface area contributed by atoms with Crippen molar-refractivity contribution in [2.24, 2.45) is 0 Å². The van der Waals surface area contributed by atoms with E-state index in [0.717, 1.165) is 6.42 Å². The zero-order valence-corrected chi connectivity index (χ0v) is 8.72. The molecule has 3 nitrogen and oxygen atoms in total. The van der Waals surface area contributed by atoms with Gasteiger partial charge in [-0.2, -0.15) is 0 Å². The number of ether oxygens (including phenoxy) is 1. The van der Waals surface area contributed by atoms with Gasteiger partial charge in [-0.1, -0.05) is 0 Å². The van der Waals surface area contributed by atoms with Crippen LogP contribution in [0.4, 0.5) is 8.78 Å². The molecule has 0 spiro atoms. The summed E-state index contributed by atoms with van der Waals surface area (Å²) in [6.45, 7) is 0.891. The van der Waals surface area contributed by atoms with Gasteiger partial charge in [0.1, 0.15) is 0 Å². The lowest BCUT2D eigenvalue weighted by atomic mass is 10.3. The Kier molecular flexibility index (Phi) is 4.22. The van der Waals surface area contributed by atoms with Gasteiger partial charge in [0.25, 0.3) is 5.92 Å². The highest BCUT2D eigenvalue weighted by Crippen LogP contribution is 2.19. The van der Waals surface area contributed by atoms with Gasteiger partial charge in [-0.3, -0.25) is 4.90 Å². The molecule has 1 atom stereocenters. The normalized spacial score (nSPS) is 24.4. The van der Waals surface area contributed by atoms with Gasteiger partial charge in [-0.15, -0.1) is 0 Å². The molecule has 0 saturated carbocycles. The van der Waals surface area contributed by atoms with Crippen molar-refractivity contribution in [2.75, 3.05) is 40.3 Å². The van der Waals surface area contributed by atoms with Crippen LogP contribution in [0.5, 0.6) is 0 Å². The summed E-state index contributed by atoms with van der Waals surface area (Å²) in [6.07, 6.45) is 0.979. The Morgan fingerprint density at radius 2 is 2.29 bits per heavy atom. The van der Waals surface area contributed by atoms with E-state index in [1.807, 2.05) is 0 Å². The quantitative estimate of drug-likeness (QED) is 0.714. The predicted octanol–water partition coefficient (Wildman–Crippen LogP) is 0.562. The maximum Gasteiger partial charge on any atom is 0.272 e. The first-order valence-electron chi connectivity index (χ1n) is 4.85. The van der Waals surface area contributed by atoms with Crippen molar-refractivity contribution < 1.29 is 13.5 Å². The highest BCUT2D eigenvalue weighted by Gasteiger charge is 2.34. The number of methoxy groups -OCH3 is 1. The van der Waals surface area contributed by atoms with Crippen LogP contribution in [0.3, 0.4) is 0 Å². The molecule has 0 aliphatic carbocycles. The van der Waals surface area contributed by atoms with Crippen molar-refractivity contribution in [3.05, 3.63) is 0 Å². The summed E-state index contributed by atoms with van der Waals surface area (Å²) < 4.78 is 31.4. The SMILES string of the molecule is CNCC(F)(F)CN1CCC(OC)C1. The Morgan fingerprint density at radius 3 is 2.79 bits per heavy atom. The summed E-state index contributed by atoms with van der Waals surface area (Å²) in [6, 6.07) is 0. The number of nitrogens with one attached hydrogen (secondary N) is 1. The molecule has 0 aromatic carbocycles. The van der Waals surface area contributed by atoms with Gasteiger partial charge in [-0.05, 0) is 13.5 Å². The van der Waals surface area contributed by atoms with Crippen molar-refractivity contribution in [2.45, 2.75) is 18.4 Å². The fourth-order valence-electron chi connectivity index (χ4n) is 1.77. The van der Waals surface area contributed by atoms with E-state index in [2.05, 4.69) is 5.32 Å². The van der Waals surface area contributed by atoms with Crippen LogP contribution in [-0.4, -0.2) is 57.3 Å². The zero-order valence-electron chi connectivity index (χ0n) is 8.72. The molecule has 0 aromatic heterocycles. The smallest absolute Gasteiger partial charge is 0.272 e. The van der Waals surface area contributed by atoms with Crippen molar-refractivity contribution in [3.8, 4) is 0 Å². The van der Waals surface area contributed by atoms with Crippen LogP contribution in [-0.2, 0) is 4.74 Å². The van der Waals surface area contributed by atoms with Gasteiger partial charge in [-0.25, -0.2) is 8.78 Å². The Labute approximate surface area is 83.4 Å². The molecular formula is C9H18F2N2O. The summed E-state index contributed by atoms with van der Waals surface area (Å²) >= 11 is 0. The molecule has 1 fully saturated rings. The van der Waals surface area contributed by atoms with Crippen LogP contribution in [0, 0.1) is 0 Å². The minimum atomic E-state index is -2.64. The molecular weight excluding hydrogens is 190 g/mol.